The number of nitrogens with two attached hydrogens (primary N) is 1. The molecule has 2 N–H and O–H groups in total. The normalized spacial score (nSPS) is 17.4. The van der Waals surface area contributed by atoms with Crippen molar-refractivity contribution in [1.82, 2.24) is 9.80 Å². The van der Waals surface area contributed by atoms with Crippen LogP contribution < -0.4 is 5.73 Å². The minimum absolute atomic E-state index is 0.0561. The van der Waals surface area contributed by atoms with Crippen LogP contribution in [0.4, 0.5) is 0 Å². The van der Waals surface area contributed by atoms with Gasteiger partial charge in [-0.05, 0) is 18.4 Å². The molecule has 2 heterocycles. The third-order valence-corrected chi connectivity index (χ3v) is 3.87. The lowest BCUT2D eigenvalue weighted by Crippen LogP contribution is -2.51. The molecule has 1 saturated heterocycles. The number of carbonyl (C=O) groups is 2. The lowest BCUT2D eigenvalue weighted by Gasteiger charge is -2.35. The topological polar surface area (TPSA) is 66.6 Å². The fourth-order valence-corrected chi connectivity index (χ4v) is 2.76. The average Bonchev–Trinajstić information content (AvgIpc) is 2.91. The first-order valence-electron chi connectivity index (χ1n) is 6.42. The summed E-state index contributed by atoms with van der Waals surface area (Å²) in [5.41, 5.74) is 6.37. The SMILES string of the molecule is CC(N)CC(=O)N1CCN(C(=O)c2ccsc2)CC1. The van der Waals surface area contributed by atoms with Gasteiger partial charge in [0.05, 0.1) is 5.56 Å². The molecule has 6 heteroatoms. The number of hydrogen-bond donors (Lipinski definition) is 1. The second-order valence-electron chi connectivity index (χ2n) is 4.87. The van der Waals surface area contributed by atoms with Gasteiger partial charge in [-0.1, -0.05) is 0 Å². The highest BCUT2D eigenvalue weighted by molar-refractivity contribution is 7.08. The van der Waals surface area contributed by atoms with E-state index in [1.165, 1.54) is 11.3 Å². The largest absolute Gasteiger partial charge is 0.339 e. The lowest BCUT2D eigenvalue weighted by atomic mass is 10.2. The van der Waals surface area contributed by atoms with Crippen LogP contribution in [0.1, 0.15) is 23.7 Å². The van der Waals surface area contributed by atoms with E-state index in [1.807, 2.05) is 23.8 Å². The number of carbonyl (C=O) groups excluding carboxylic acids is 2. The van der Waals surface area contributed by atoms with Crippen LogP contribution in [0.15, 0.2) is 16.8 Å². The third kappa shape index (κ3) is 3.54. The van der Waals surface area contributed by atoms with Crippen LogP contribution in [0, 0.1) is 0 Å². The van der Waals surface area contributed by atoms with Gasteiger partial charge >= 0.3 is 0 Å². The predicted octanol–water partition coefficient (Wildman–Crippen LogP) is 0.770. The van der Waals surface area contributed by atoms with Gasteiger partial charge in [0.2, 0.25) is 5.91 Å². The zero-order chi connectivity index (χ0) is 13.8. The number of piperazine rings is 1. The van der Waals surface area contributed by atoms with E-state index >= 15 is 0 Å². The monoisotopic (exact) mass is 281 g/mol. The highest BCUT2D eigenvalue weighted by Gasteiger charge is 2.25. The first kappa shape index (κ1) is 14.0. The zero-order valence-electron chi connectivity index (χ0n) is 11.0. The Morgan fingerprint density at radius 2 is 1.95 bits per heavy atom. The molecule has 1 atom stereocenters. The molecular formula is C13H19N3O2S. The molecule has 0 saturated carbocycles. The van der Waals surface area contributed by atoms with E-state index in [0.717, 1.165) is 5.56 Å². The summed E-state index contributed by atoms with van der Waals surface area (Å²) in [4.78, 5) is 27.6. The maximum absolute atomic E-state index is 12.1. The summed E-state index contributed by atoms with van der Waals surface area (Å²) in [6.45, 7) is 4.22. The average molecular weight is 281 g/mol. The van der Waals surface area contributed by atoms with Crippen molar-refractivity contribution in [2.45, 2.75) is 19.4 Å². The van der Waals surface area contributed by atoms with Crippen molar-refractivity contribution in [3.63, 3.8) is 0 Å². The molecule has 2 rings (SSSR count). The Kier molecular flexibility index (Phi) is 4.55. The Morgan fingerprint density at radius 3 is 2.47 bits per heavy atom. The van der Waals surface area contributed by atoms with Gasteiger partial charge in [-0.3, -0.25) is 9.59 Å². The molecule has 19 heavy (non-hydrogen) atoms. The van der Waals surface area contributed by atoms with Crippen LogP contribution in [-0.2, 0) is 4.79 Å². The Balaban J connectivity index is 1.86. The van der Waals surface area contributed by atoms with Gasteiger partial charge in [0.15, 0.2) is 0 Å². The third-order valence-electron chi connectivity index (χ3n) is 3.18. The predicted molar refractivity (Wildman–Crippen MR) is 75.1 cm³/mol. The van der Waals surface area contributed by atoms with Crippen LogP contribution in [0.2, 0.25) is 0 Å². The summed E-state index contributed by atoms with van der Waals surface area (Å²) in [5.74, 6) is 0.137. The van der Waals surface area contributed by atoms with Crippen molar-refractivity contribution in [2.24, 2.45) is 5.73 Å². The fraction of sp³-hybridized carbons (Fsp3) is 0.538. The molecule has 0 spiro atoms. The molecule has 0 aliphatic carbocycles. The van der Waals surface area contributed by atoms with Gasteiger partial charge in [0.25, 0.3) is 5.91 Å². The molecule has 0 aromatic carbocycles. The molecule has 5 nitrogen and oxygen atoms in total. The van der Waals surface area contributed by atoms with Crippen molar-refractivity contribution in [1.29, 1.82) is 0 Å². The quantitative estimate of drug-likeness (QED) is 0.890. The van der Waals surface area contributed by atoms with E-state index in [9.17, 15) is 9.59 Å². The van der Waals surface area contributed by atoms with E-state index in [0.29, 0.717) is 32.6 Å². The molecule has 104 valence electrons. The second-order valence-corrected chi connectivity index (χ2v) is 5.65. The number of hydrogen-bond acceptors (Lipinski definition) is 4. The van der Waals surface area contributed by atoms with Crippen LogP contribution in [0.3, 0.4) is 0 Å². The van der Waals surface area contributed by atoms with E-state index in [2.05, 4.69) is 0 Å². The van der Waals surface area contributed by atoms with E-state index in [1.54, 1.807) is 9.80 Å². The highest BCUT2D eigenvalue weighted by Crippen LogP contribution is 2.12. The van der Waals surface area contributed by atoms with Crippen LogP contribution in [0.5, 0.6) is 0 Å². The summed E-state index contributed by atoms with van der Waals surface area (Å²) in [7, 11) is 0. The lowest BCUT2D eigenvalue weighted by molar-refractivity contribution is -0.132. The summed E-state index contributed by atoms with van der Waals surface area (Å²) in [6, 6.07) is 1.72. The summed E-state index contributed by atoms with van der Waals surface area (Å²) >= 11 is 1.52. The Morgan fingerprint density at radius 1 is 1.32 bits per heavy atom. The van der Waals surface area contributed by atoms with Crippen molar-refractivity contribution in [3.05, 3.63) is 22.4 Å². The molecule has 1 aromatic heterocycles. The van der Waals surface area contributed by atoms with E-state index in [4.69, 9.17) is 5.73 Å². The molecule has 0 radical (unpaired) electrons. The van der Waals surface area contributed by atoms with E-state index < -0.39 is 0 Å². The van der Waals surface area contributed by atoms with Gasteiger partial charge in [-0.15, -0.1) is 0 Å². The van der Waals surface area contributed by atoms with Crippen LogP contribution >= 0.6 is 11.3 Å². The minimum Gasteiger partial charge on any atom is -0.339 e. The first-order chi connectivity index (χ1) is 9.08. The van der Waals surface area contributed by atoms with Gasteiger partial charge < -0.3 is 15.5 Å². The maximum atomic E-state index is 12.1. The van der Waals surface area contributed by atoms with Crippen LogP contribution in [0.25, 0.3) is 0 Å². The summed E-state index contributed by atoms with van der Waals surface area (Å²) in [5, 5.41) is 3.76. The molecule has 1 unspecified atom stereocenters. The molecule has 1 aromatic rings. The van der Waals surface area contributed by atoms with Crippen molar-refractivity contribution >= 4 is 23.2 Å². The second kappa shape index (κ2) is 6.16. The molecule has 1 aliphatic heterocycles. The number of rotatable bonds is 3. The van der Waals surface area contributed by atoms with Crippen molar-refractivity contribution in [3.8, 4) is 0 Å². The fourth-order valence-electron chi connectivity index (χ4n) is 2.13. The first-order valence-corrected chi connectivity index (χ1v) is 7.37. The number of thiophene rings is 1. The number of nitrogens with zero attached hydrogens (tertiary/aromatic N) is 2. The summed E-state index contributed by atoms with van der Waals surface area (Å²) in [6.07, 6.45) is 0.373. The molecule has 1 aliphatic rings. The summed E-state index contributed by atoms with van der Waals surface area (Å²) < 4.78 is 0. The van der Waals surface area contributed by atoms with Gasteiger partial charge in [-0.2, -0.15) is 11.3 Å². The van der Waals surface area contributed by atoms with Gasteiger partial charge in [0, 0.05) is 44.0 Å². The molecule has 2 amide bonds. The number of amides is 2. The Hall–Kier alpha value is -1.40. The molecule has 0 bridgehead atoms. The van der Waals surface area contributed by atoms with Crippen molar-refractivity contribution in [2.75, 3.05) is 26.2 Å². The van der Waals surface area contributed by atoms with E-state index in [-0.39, 0.29) is 17.9 Å². The highest BCUT2D eigenvalue weighted by atomic mass is 32.1. The molecular weight excluding hydrogens is 262 g/mol. The minimum atomic E-state index is -0.113. The van der Waals surface area contributed by atoms with Crippen molar-refractivity contribution < 1.29 is 9.59 Å². The van der Waals surface area contributed by atoms with Gasteiger partial charge in [0.1, 0.15) is 0 Å². The standard InChI is InChI=1S/C13H19N3O2S/c1-10(14)8-12(17)15-3-5-16(6-4-15)13(18)11-2-7-19-9-11/h2,7,9-10H,3-6,8,14H2,1H3. The maximum Gasteiger partial charge on any atom is 0.254 e. The van der Waals surface area contributed by atoms with Gasteiger partial charge in [-0.25, -0.2) is 0 Å². The molecule has 1 fully saturated rings. The zero-order valence-corrected chi connectivity index (χ0v) is 11.9. The smallest absolute Gasteiger partial charge is 0.254 e. The Bertz CT molecular complexity index is 437. The van der Waals surface area contributed by atoms with Crippen LogP contribution in [-0.4, -0.2) is 53.8 Å². The Labute approximate surface area is 117 Å².